The van der Waals surface area contributed by atoms with E-state index in [1.54, 1.807) is 6.92 Å². The Morgan fingerprint density at radius 1 is 1.22 bits per heavy atom. The first-order chi connectivity index (χ1) is 8.02. The van der Waals surface area contributed by atoms with Gasteiger partial charge in [0.2, 0.25) is 10.0 Å². The first-order valence-corrected chi connectivity index (χ1v) is 6.93. The normalized spacial score (nSPS) is 13.6. The molecule has 0 heterocycles. The Kier molecular flexibility index (Phi) is 6.62. The van der Waals surface area contributed by atoms with Gasteiger partial charge in [-0.05, 0) is 33.6 Å². The zero-order valence-electron chi connectivity index (χ0n) is 10.6. The molecule has 0 aromatic heterocycles. The van der Waals surface area contributed by atoms with Gasteiger partial charge < -0.3 is 0 Å². The van der Waals surface area contributed by atoms with Gasteiger partial charge in [0, 0.05) is 5.41 Å². The summed E-state index contributed by atoms with van der Waals surface area (Å²) >= 11 is 0. The summed E-state index contributed by atoms with van der Waals surface area (Å²) in [6.07, 6.45) is -1.44. The molecule has 18 heavy (non-hydrogen) atoms. The molecule has 0 fully saturated rings. The quantitative estimate of drug-likeness (QED) is 0.762. The van der Waals surface area contributed by atoms with Crippen LogP contribution in [0.2, 0.25) is 0 Å². The lowest BCUT2D eigenvalue weighted by atomic mass is 10.1. The van der Waals surface area contributed by atoms with E-state index in [4.69, 9.17) is 0 Å². The van der Waals surface area contributed by atoms with Gasteiger partial charge in [0.1, 0.15) is 6.54 Å². The summed E-state index contributed by atoms with van der Waals surface area (Å²) in [5.74, 6) is 0. The van der Waals surface area contributed by atoms with Crippen LogP contribution in [0, 0.1) is 0 Å². The minimum absolute atomic E-state index is 0.498. The molecule has 0 rings (SSSR count). The van der Waals surface area contributed by atoms with Crippen LogP contribution in [-0.4, -0.2) is 21.1 Å². The maximum Gasteiger partial charge on any atom is 0.402 e. The van der Waals surface area contributed by atoms with Crippen LogP contribution in [0.5, 0.6) is 0 Å². The second-order valence-corrected chi connectivity index (χ2v) is 5.88. The molecule has 0 saturated heterocycles. The van der Waals surface area contributed by atoms with Crippen LogP contribution in [-0.2, 0) is 10.0 Å². The van der Waals surface area contributed by atoms with E-state index in [1.807, 2.05) is 19.9 Å². The van der Waals surface area contributed by atoms with Crippen molar-refractivity contribution in [3.8, 4) is 0 Å². The van der Waals surface area contributed by atoms with Gasteiger partial charge in [0.25, 0.3) is 0 Å². The fraction of sp³-hybridized carbons (Fsp3) is 0.636. The molecule has 7 heteroatoms. The van der Waals surface area contributed by atoms with Gasteiger partial charge in [-0.3, -0.25) is 0 Å². The van der Waals surface area contributed by atoms with Crippen molar-refractivity contribution in [2.75, 3.05) is 6.54 Å². The highest BCUT2D eigenvalue weighted by Gasteiger charge is 2.28. The van der Waals surface area contributed by atoms with Gasteiger partial charge in [0.05, 0.1) is 0 Å². The van der Waals surface area contributed by atoms with Crippen LogP contribution < -0.4 is 4.72 Å². The summed E-state index contributed by atoms with van der Waals surface area (Å²) in [6.45, 7) is 3.86. The van der Waals surface area contributed by atoms with E-state index in [0.717, 1.165) is 11.0 Å². The fourth-order valence-corrected chi connectivity index (χ4v) is 2.23. The highest BCUT2D eigenvalue weighted by molar-refractivity contribution is 7.92. The van der Waals surface area contributed by atoms with Crippen LogP contribution in [0.3, 0.4) is 0 Å². The van der Waals surface area contributed by atoms with Crippen molar-refractivity contribution in [3.05, 3.63) is 22.6 Å². The van der Waals surface area contributed by atoms with Crippen LogP contribution in [0.4, 0.5) is 13.2 Å². The first-order valence-electron chi connectivity index (χ1n) is 5.39. The van der Waals surface area contributed by atoms with Crippen molar-refractivity contribution in [3.63, 3.8) is 0 Å². The van der Waals surface area contributed by atoms with Crippen molar-refractivity contribution >= 4 is 10.0 Å². The topological polar surface area (TPSA) is 46.2 Å². The molecule has 0 radical (unpaired) electrons. The van der Waals surface area contributed by atoms with Gasteiger partial charge >= 0.3 is 6.18 Å². The second kappa shape index (κ2) is 6.94. The molecule has 0 aromatic carbocycles. The van der Waals surface area contributed by atoms with E-state index in [0.29, 0.717) is 18.4 Å². The molecule has 106 valence electrons. The van der Waals surface area contributed by atoms with Gasteiger partial charge in [-0.1, -0.05) is 17.2 Å². The maximum atomic E-state index is 11.9. The molecule has 0 saturated carbocycles. The van der Waals surface area contributed by atoms with Crippen molar-refractivity contribution in [1.29, 1.82) is 0 Å². The largest absolute Gasteiger partial charge is 0.402 e. The lowest BCUT2D eigenvalue weighted by molar-refractivity contribution is -0.121. The van der Waals surface area contributed by atoms with E-state index < -0.39 is 22.7 Å². The van der Waals surface area contributed by atoms with Gasteiger partial charge in [-0.25, -0.2) is 13.1 Å². The standard InChI is InChI=1S/C11H18F3NO2S/c1-9(2)5-4-6-10(3)7-18(16,17)15-8-11(12,13)14/h5,7,15H,4,6,8H2,1-3H3. The third kappa shape index (κ3) is 10.3. The van der Waals surface area contributed by atoms with Crippen molar-refractivity contribution in [1.82, 2.24) is 4.72 Å². The number of rotatable bonds is 6. The Labute approximate surface area is 106 Å². The molecular weight excluding hydrogens is 267 g/mol. The molecule has 0 aliphatic carbocycles. The summed E-state index contributed by atoms with van der Waals surface area (Å²) in [4.78, 5) is 0. The van der Waals surface area contributed by atoms with E-state index >= 15 is 0 Å². The first kappa shape index (κ1) is 17.2. The Bertz CT molecular complexity index is 418. The summed E-state index contributed by atoms with van der Waals surface area (Å²) in [6, 6.07) is 0. The van der Waals surface area contributed by atoms with E-state index in [1.165, 1.54) is 4.72 Å². The number of hydrogen-bond acceptors (Lipinski definition) is 2. The summed E-state index contributed by atoms with van der Waals surface area (Å²) in [5, 5.41) is 0.845. The fourth-order valence-electron chi connectivity index (χ4n) is 1.14. The van der Waals surface area contributed by atoms with Gasteiger partial charge in [-0.15, -0.1) is 0 Å². The van der Waals surface area contributed by atoms with E-state index in [9.17, 15) is 21.6 Å². The van der Waals surface area contributed by atoms with Gasteiger partial charge in [-0.2, -0.15) is 13.2 Å². The Balaban J connectivity index is 4.41. The molecule has 0 atom stereocenters. The monoisotopic (exact) mass is 285 g/mol. The maximum absolute atomic E-state index is 11.9. The van der Waals surface area contributed by atoms with Gasteiger partial charge in [0.15, 0.2) is 0 Å². The van der Waals surface area contributed by atoms with Crippen molar-refractivity contribution in [2.24, 2.45) is 0 Å². The molecule has 1 N–H and O–H groups in total. The molecule has 0 aromatic rings. The molecular formula is C11H18F3NO2S. The third-order valence-electron chi connectivity index (χ3n) is 1.92. The molecule has 0 unspecified atom stereocenters. The average molecular weight is 285 g/mol. The molecule has 0 amide bonds. The Hall–Kier alpha value is -0.820. The smallest absolute Gasteiger partial charge is 0.208 e. The summed E-state index contributed by atoms with van der Waals surface area (Å²) in [7, 11) is -4.02. The predicted molar refractivity (Wildman–Crippen MR) is 65.4 cm³/mol. The Morgan fingerprint density at radius 3 is 2.22 bits per heavy atom. The molecule has 3 nitrogen and oxygen atoms in total. The number of nitrogens with one attached hydrogen (secondary N) is 1. The van der Waals surface area contributed by atoms with Crippen LogP contribution in [0.1, 0.15) is 33.6 Å². The van der Waals surface area contributed by atoms with E-state index in [-0.39, 0.29) is 0 Å². The predicted octanol–water partition coefficient (Wildman–Crippen LogP) is 3.12. The summed E-state index contributed by atoms with van der Waals surface area (Å²) in [5.41, 5.74) is 1.63. The summed E-state index contributed by atoms with van der Waals surface area (Å²) < 4.78 is 59.6. The zero-order chi connectivity index (χ0) is 14.4. The average Bonchev–Trinajstić information content (AvgIpc) is 2.12. The molecule has 0 aliphatic rings. The zero-order valence-corrected chi connectivity index (χ0v) is 11.5. The van der Waals surface area contributed by atoms with E-state index in [2.05, 4.69) is 0 Å². The van der Waals surface area contributed by atoms with Crippen LogP contribution >= 0.6 is 0 Å². The third-order valence-corrected chi connectivity index (χ3v) is 3.18. The van der Waals surface area contributed by atoms with Crippen molar-refractivity contribution < 1.29 is 21.6 Å². The highest BCUT2D eigenvalue weighted by atomic mass is 32.2. The number of sulfonamides is 1. The number of alkyl halides is 3. The van der Waals surface area contributed by atoms with Crippen LogP contribution in [0.15, 0.2) is 22.6 Å². The SMILES string of the molecule is CC(C)=CCCC(C)=CS(=O)(=O)NCC(F)(F)F. The van der Waals surface area contributed by atoms with Crippen molar-refractivity contribution in [2.45, 2.75) is 39.8 Å². The number of hydrogen-bond donors (Lipinski definition) is 1. The lowest BCUT2D eigenvalue weighted by Crippen LogP contribution is -2.32. The van der Waals surface area contributed by atoms with Crippen LogP contribution in [0.25, 0.3) is 0 Å². The second-order valence-electron chi connectivity index (χ2n) is 4.27. The molecule has 0 bridgehead atoms. The highest BCUT2D eigenvalue weighted by Crippen LogP contribution is 2.14. The molecule has 0 aliphatic heterocycles. The number of allylic oxidation sites excluding steroid dienone is 3. The number of halogens is 3. The minimum Gasteiger partial charge on any atom is -0.208 e. The lowest BCUT2D eigenvalue weighted by Gasteiger charge is -2.07. The minimum atomic E-state index is -4.54. The Morgan fingerprint density at radius 2 is 1.78 bits per heavy atom. The molecule has 0 spiro atoms.